The predicted molar refractivity (Wildman–Crippen MR) is 294 cm³/mol. The summed E-state index contributed by atoms with van der Waals surface area (Å²) in [5.41, 5.74) is 32.2. The number of guanidine groups is 1. The van der Waals surface area contributed by atoms with E-state index in [2.05, 4.69) is 57.2 Å². The fourth-order valence-electron chi connectivity index (χ4n) is 8.56. The van der Waals surface area contributed by atoms with Crippen molar-refractivity contribution in [2.24, 2.45) is 39.6 Å². The number of carbonyl (C=O) groups excluding carboxylic acids is 8. The zero-order chi connectivity index (χ0) is 56.6. The first-order valence-corrected chi connectivity index (χ1v) is 25.9. The second-order valence-electron chi connectivity index (χ2n) is 19.3. The highest BCUT2D eigenvalue weighted by Gasteiger charge is 2.33. The van der Waals surface area contributed by atoms with E-state index in [0.717, 1.165) is 10.9 Å². The number of para-hydroxylation sites is 1. The molecule has 0 spiro atoms. The number of benzene rings is 3. The Labute approximate surface area is 452 Å². The van der Waals surface area contributed by atoms with Crippen molar-refractivity contribution < 1.29 is 38.4 Å². The minimum absolute atomic E-state index is 0.0194. The summed E-state index contributed by atoms with van der Waals surface area (Å²) in [7, 11) is 0. The number of nitrogens with two attached hydrogens (primary N) is 5. The molecule has 7 atom stereocenters. The van der Waals surface area contributed by atoms with Crippen LogP contribution in [0.3, 0.4) is 0 Å². The third-order valence-corrected chi connectivity index (χ3v) is 12.8. The molecule has 2 aromatic heterocycles. The van der Waals surface area contributed by atoms with E-state index in [4.69, 9.17) is 28.7 Å². The first-order chi connectivity index (χ1) is 37.4. The molecule has 0 radical (unpaired) electrons. The van der Waals surface area contributed by atoms with Gasteiger partial charge in [0.1, 0.15) is 36.3 Å². The molecule has 24 heteroatoms. The fraction of sp³-hybridized carbons (Fsp3) is 0.407. The number of hydrogen-bond donors (Lipinski definition) is 14. The average Bonchev–Trinajstić information content (AvgIpc) is 4.10. The van der Waals surface area contributed by atoms with Crippen LogP contribution in [0.2, 0.25) is 0 Å². The van der Waals surface area contributed by atoms with Gasteiger partial charge in [-0.3, -0.25) is 43.3 Å². The fourth-order valence-corrected chi connectivity index (χ4v) is 8.56. The zero-order valence-electron chi connectivity index (χ0n) is 44.0. The normalized spacial score (nSPS) is 13.8. The molecule has 3 aromatic carbocycles. The monoisotopic (exact) mass is 1070 g/mol. The molecule has 19 N–H and O–H groups in total. The van der Waals surface area contributed by atoms with E-state index in [-0.39, 0.29) is 63.4 Å². The lowest BCUT2D eigenvalue weighted by atomic mass is 10.0. The molecule has 0 saturated heterocycles. The maximum absolute atomic E-state index is 14.6. The van der Waals surface area contributed by atoms with Crippen molar-refractivity contribution >= 4 is 64.1 Å². The SMILES string of the molecule is CC(C)C(NC(=O)C(Cc1ccccc1)NC(=O)C(CCCCN)NC(=O)CNC(=O)C(Cc1c[nH]c2ccccc12)NC(=O)C(CCCN=C(N)N)NC(=O)[C@@H](Cc1ccccc1)NC(=O)C(N)Cc1cnc[nH]1)C(N)=O. The van der Waals surface area contributed by atoms with E-state index in [1.807, 2.05) is 24.3 Å². The van der Waals surface area contributed by atoms with Crippen molar-refractivity contribution in [3.63, 3.8) is 0 Å². The van der Waals surface area contributed by atoms with E-state index in [9.17, 15) is 38.4 Å². The topological polar surface area (TPSA) is 408 Å². The second kappa shape index (κ2) is 30.8. The quantitative estimate of drug-likeness (QED) is 0.0138. The van der Waals surface area contributed by atoms with Gasteiger partial charge in [-0.1, -0.05) is 92.7 Å². The predicted octanol–water partition coefficient (Wildman–Crippen LogP) is -1.16. The number of imidazole rings is 1. The molecule has 0 aliphatic carbocycles. The summed E-state index contributed by atoms with van der Waals surface area (Å²) >= 11 is 0. The first kappa shape index (κ1) is 60.2. The van der Waals surface area contributed by atoms with Crippen molar-refractivity contribution in [1.29, 1.82) is 0 Å². The second-order valence-corrected chi connectivity index (χ2v) is 19.3. The third-order valence-electron chi connectivity index (χ3n) is 12.8. The van der Waals surface area contributed by atoms with E-state index >= 15 is 0 Å². The number of hydrogen-bond acceptors (Lipinski definition) is 12. The molecule has 6 unspecified atom stereocenters. The molecular formula is C54H74N16O8. The Morgan fingerprint density at radius 1 is 0.590 bits per heavy atom. The van der Waals surface area contributed by atoms with Gasteiger partial charge in [-0.15, -0.1) is 0 Å². The Hall–Kier alpha value is -8.64. The van der Waals surface area contributed by atoms with Crippen molar-refractivity contribution in [2.75, 3.05) is 19.6 Å². The number of rotatable bonds is 32. The Kier molecular flexibility index (Phi) is 23.8. The first-order valence-electron chi connectivity index (χ1n) is 25.9. The number of nitrogens with one attached hydrogen (secondary N) is 9. The number of aromatic nitrogens is 3. The van der Waals surface area contributed by atoms with Crippen LogP contribution in [0.5, 0.6) is 0 Å². The summed E-state index contributed by atoms with van der Waals surface area (Å²) in [5, 5.41) is 19.7. The molecule has 78 heavy (non-hydrogen) atoms. The van der Waals surface area contributed by atoms with Crippen LogP contribution in [0.25, 0.3) is 10.9 Å². The molecule has 5 rings (SSSR count). The van der Waals surface area contributed by atoms with Crippen molar-refractivity contribution in [3.05, 3.63) is 126 Å². The average molecular weight is 1080 g/mol. The van der Waals surface area contributed by atoms with Crippen LogP contribution in [0.4, 0.5) is 0 Å². The Morgan fingerprint density at radius 3 is 1.71 bits per heavy atom. The molecule has 8 amide bonds. The van der Waals surface area contributed by atoms with Crippen molar-refractivity contribution in [1.82, 2.24) is 52.2 Å². The molecular weight excluding hydrogens is 1000 g/mol. The van der Waals surface area contributed by atoms with Crippen LogP contribution < -0.4 is 65.9 Å². The molecule has 0 saturated carbocycles. The van der Waals surface area contributed by atoms with E-state index in [0.29, 0.717) is 41.8 Å². The number of unbranched alkanes of at least 4 members (excludes halogenated alkanes) is 1. The lowest BCUT2D eigenvalue weighted by molar-refractivity contribution is -0.134. The summed E-state index contributed by atoms with van der Waals surface area (Å²) < 4.78 is 0. The highest BCUT2D eigenvalue weighted by Crippen LogP contribution is 2.20. The van der Waals surface area contributed by atoms with Gasteiger partial charge in [0.05, 0.1) is 18.9 Å². The highest BCUT2D eigenvalue weighted by molar-refractivity contribution is 5.97. The summed E-state index contributed by atoms with van der Waals surface area (Å²) in [6, 6.07) is 16.8. The molecule has 24 nitrogen and oxygen atoms in total. The lowest BCUT2D eigenvalue weighted by Crippen LogP contribution is -2.59. The minimum atomic E-state index is -1.35. The standard InChI is InChI=1S/C54H74N16O8/c1-32(2)46(47(57)72)70-53(78)43(25-34-16-7-4-8-17-34)68-50(75)40(20-11-12-22-55)65-45(71)30-63-49(74)44(26-35-28-62-39-19-10-9-18-37(35)39)69-51(76)41(21-13-23-61-54(58)59)66-52(77)42(24-33-14-5-3-6-15-33)67-48(73)38(56)27-36-29-60-31-64-36/h3-10,14-19,28-29,31-32,38,40-44,46,62H,11-13,20-27,30,55-56H2,1-2H3,(H2,57,72)(H,60,64)(H,63,74)(H,65,71)(H,66,77)(H,67,73)(H,68,75)(H,69,76)(H,70,78)(H4,58,59,61)/t38?,40?,41?,42-,43?,44?,46?/m1/s1. The number of primary amides is 1. The molecule has 418 valence electrons. The van der Waals surface area contributed by atoms with E-state index in [1.165, 1.54) is 12.5 Å². The Morgan fingerprint density at radius 2 is 1.13 bits per heavy atom. The summed E-state index contributed by atoms with van der Waals surface area (Å²) in [6.45, 7) is 3.17. The maximum Gasteiger partial charge on any atom is 0.243 e. The molecule has 2 heterocycles. The van der Waals surface area contributed by atoms with Gasteiger partial charge in [-0.2, -0.15) is 0 Å². The van der Waals surface area contributed by atoms with Crippen LogP contribution >= 0.6 is 0 Å². The molecule has 0 bridgehead atoms. The number of H-pyrrole nitrogens is 2. The number of aliphatic imine (C=N–C) groups is 1. The lowest BCUT2D eigenvalue weighted by Gasteiger charge is -2.26. The van der Waals surface area contributed by atoms with Crippen LogP contribution in [-0.4, -0.2) is 130 Å². The number of nitrogens with zero attached hydrogens (tertiary/aromatic N) is 2. The van der Waals surface area contributed by atoms with Gasteiger partial charge in [-0.05, 0) is 67.3 Å². The highest BCUT2D eigenvalue weighted by atomic mass is 16.2. The van der Waals surface area contributed by atoms with Gasteiger partial charge in [0.2, 0.25) is 47.3 Å². The largest absolute Gasteiger partial charge is 0.370 e. The molecule has 0 fully saturated rings. The summed E-state index contributed by atoms with van der Waals surface area (Å²) in [6.07, 6.45) is 5.97. The van der Waals surface area contributed by atoms with Gasteiger partial charge < -0.3 is 75.9 Å². The van der Waals surface area contributed by atoms with Crippen LogP contribution in [-0.2, 0) is 64.0 Å². The molecule has 0 aliphatic rings. The minimum Gasteiger partial charge on any atom is -0.370 e. The smallest absolute Gasteiger partial charge is 0.243 e. The number of amides is 8. The van der Waals surface area contributed by atoms with Crippen LogP contribution in [0, 0.1) is 5.92 Å². The van der Waals surface area contributed by atoms with Gasteiger partial charge >= 0.3 is 0 Å². The molecule has 5 aromatic rings. The summed E-state index contributed by atoms with van der Waals surface area (Å²) in [4.78, 5) is 125. The van der Waals surface area contributed by atoms with Gasteiger partial charge in [0.25, 0.3) is 0 Å². The summed E-state index contributed by atoms with van der Waals surface area (Å²) in [5.74, 6) is -6.35. The van der Waals surface area contributed by atoms with Crippen LogP contribution in [0.1, 0.15) is 68.3 Å². The van der Waals surface area contributed by atoms with Crippen molar-refractivity contribution in [3.8, 4) is 0 Å². The van der Waals surface area contributed by atoms with Crippen LogP contribution in [0.15, 0.2) is 109 Å². The van der Waals surface area contributed by atoms with E-state index < -0.39 is 96.1 Å². The molecule has 0 aliphatic heterocycles. The third kappa shape index (κ3) is 19.5. The maximum atomic E-state index is 14.6. The van der Waals surface area contributed by atoms with Gasteiger partial charge in [-0.25, -0.2) is 4.98 Å². The Balaban J connectivity index is 1.36. The zero-order valence-corrected chi connectivity index (χ0v) is 44.0. The number of fused-ring (bicyclic) bond motifs is 1. The number of carbonyl (C=O) groups is 8. The van der Waals surface area contributed by atoms with E-state index in [1.54, 1.807) is 80.7 Å². The van der Waals surface area contributed by atoms with Crippen molar-refractivity contribution in [2.45, 2.75) is 114 Å². The van der Waals surface area contributed by atoms with Gasteiger partial charge in [0, 0.05) is 61.2 Å². The Bertz CT molecular complexity index is 2790. The van der Waals surface area contributed by atoms with Gasteiger partial charge in [0.15, 0.2) is 5.96 Å². The number of aromatic amines is 2.